The fourth-order valence-corrected chi connectivity index (χ4v) is 4.03. The number of piperidine rings is 1. The Morgan fingerprint density at radius 2 is 1.93 bits per heavy atom. The van der Waals surface area contributed by atoms with Crippen molar-refractivity contribution in [3.63, 3.8) is 0 Å². The van der Waals surface area contributed by atoms with Crippen LogP contribution in [0.2, 0.25) is 0 Å². The molecule has 28 heavy (non-hydrogen) atoms. The second kappa shape index (κ2) is 10.3. The molecule has 1 aromatic carbocycles. The average Bonchev–Trinajstić information content (AvgIpc) is 3.20. The van der Waals surface area contributed by atoms with Crippen molar-refractivity contribution >= 4 is 23.2 Å². The molecule has 2 heterocycles. The molecule has 0 aliphatic carbocycles. The van der Waals surface area contributed by atoms with Crippen LogP contribution in [0, 0.1) is 6.92 Å². The molecule has 1 aliphatic rings. The van der Waals surface area contributed by atoms with E-state index in [0.29, 0.717) is 39.0 Å². The summed E-state index contributed by atoms with van der Waals surface area (Å²) in [6, 6.07) is 12.1. The summed E-state index contributed by atoms with van der Waals surface area (Å²) in [6.07, 6.45) is 3.30. The van der Waals surface area contributed by atoms with Crippen molar-refractivity contribution in [1.29, 1.82) is 0 Å². The largest absolute Gasteiger partial charge is 0.494 e. The van der Waals surface area contributed by atoms with Gasteiger partial charge in [0.05, 0.1) is 13.0 Å². The van der Waals surface area contributed by atoms with E-state index >= 15 is 0 Å². The van der Waals surface area contributed by atoms with Gasteiger partial charge in [0.15, 0.2) is 0 Å². The number of nitrogens with one attached hydrogen (secondary N) is 1. The fourth-order valence-electron chi connectivity index (χ4n) is 3.33. The van der Waals surface area contributed by atoms with Gasteiger partial charge < -0.3 is 15.0 Å². The molecule has 0 unspecified atom stereocenters. The Kier molecular flexibility index (Phi) is 7.48. The van der Waals surface area contributed by atoms with Crippen molar-refractivity contribution < 1.29 is 14.3 Å². The highest BCUT2D eigenvalue weighted by atomic mass is 32.1. The Hall–Kier alpha value is -2.34. The minimum atomic E-state index is 0.0699. The van der Waals surface area contributed by atoms with E-state index in [4.69, 9.17) is 4.74 Å². The normalized spacial score (nSPS) is 14.7. The van der Waals surface area contributed by atoms with Crippen LogP contribution in [0.25, 0.3) is 0 Å². The van der Waals surface area contributed by atoms with Gasteiger partial charge in [0, 0.05) is 30.4 Å². The molecule has 2 aromatic rings. The first-order valence-electron chi connectivity index (χ1n) is 9.89. The molecular formula is C22H28N2O3S. The maximum Gasteiger partial charge on any atom is 0.225 e. The second-order valence-electron chi connectivity index (χ2n) is 7.24. The quantitative estimate of drug-likeness (QED) is 0.689. The van der Waals surface area contributed by atoms with Gasteiger partial charge in [-0.05, 0) is 49.8 Å². The molecule has 0 bridgehead atoms. The summed E-state index contributed by atoms with van der Waals surface area (Å²) in [5, 5.41) is 5.09. The van der Waals surface area contributed by atoms with Crippen LogP contribution in [0.5, 0.6) is 5.75 Å². The Morgan fingerprint density at radius 1 is 1.18 bits per heavy atom. The van der Waals surface area contributed by atoms with Gasteiger partial charge in [-0.2, -0.15) is 0 Å². The van der Waals surface area contributed by atoms with E-state index in [1.807, 2.05) is 53.6 Å². The summed E-state index contributed by atoms with van der Waals surface area (Å²) in [6.45, 7) is 4.01. The molecule has 0 saturated carbocycles. The van der Waals surface area contributed by atoms with Crippen molar-refractivity contribution in [2.24, 2.45) is 0 Å². The van der Waals surface area contributed by atoms with Crippen molar-refractivity contribution in [2.75, 3.05) is 19.7 Å². The van der Waals surface area contributed by atoms with Crippen LogP contribution in [0.1, 0.15) is 36.1 Å². The lowest BCUT2D eigenvalue weighted by atomic mass is 10.0. The van der Waals surface area contributed by atoms with Crippen molar-refractivity contribution in [3.05, 3.63) is 52.2 Å². The number of amides is 2. The molecule has 1 saturated heterocycles. The number of hydrogen-bond acceptors (Lipinski definition) is 4. The molecule has 150 valence electrons. The number of nitrogens with zero attached hydrogens (tertiary/aromatic N) is 1. The molecule has 0 spiro atoms. The predicted octanol–water partition coefficient (Wildman–Crippen LogP) is 3.57. The highest BCUT2D eigenvalue weighted by Crippen LogP contribution is 2.15. The molecule has 1 aromatic heterocycles. The van der Waals surface area contributed by atoms with Gasteiger partial charge in [0.2, 0.25) is 11.8 Å². The van der Waals surface area contributed by atoms with Gasteiger partial charge in [-0.15, -0.1) is 11.3 Å². The third-order valence-electron chi connectivity index (χ3n) is 4.95. The zero-order chi connectivity index (χ0) is 19.8. The van der Waals surface area contributed by atoms with E-state index in [0.717, 1.165) is 23.5 Å². The van der Waals surface area contributed by atoms with Crippen molar-refractivity contribution in [2.45, 2.75) is 45.1 Å². The van der Waals surface area contributed by atoms with Gasteiger partial charge >= 0.3 is 0 Å². The maximum absolute atomic E-state index is 12.4. The molecule has 1 fully saturated rings. The van der Waals surface area contributed by atoms with Gasteiger partial charge in [-0.1, -0.05) is 23.8 Å². The van der Waals surface area contributed by atoms with E-state index in [-0.39, 0.29) is 17.9 Å². The standard InChI is InChI=1S/C22H28N2O3S/c1-17-6-8-19(9-7-17)27-14-2-5-22(26)24-12-10-18(11-13-24)23-21(25)16-20-4-3-15-28-20/h3-4,6-9,15,18H,2,5,10-14,16H2,1H3,(H,23,25). The minimum absolute atomic E-state index is 0.0699. The Labute approximate surface area is 170 Å². The number of ether oxygens (including phenoxy) is 1. The van der Waals surface area contributed by atoms with Crippen LogP contribution in [0.15, 0.2) is 41.8 Å². The third kappa shape index (κ3) is 6.37. The topological polar surface area (TPSA) is 58.6 Å². The van der Waals surface area contributed by atoms with E-state index in [2.05, 4.69) is 5.32 Å². The first kappa shape index (κ1) is 20.4. The number of benzene rings is 1. The highest BCUT2D eigenvalue weighted by molar-refractivity contribution is 7.10. The number of aryl methyl sites for hydroxylation is 1. The van der Waals surface area contributed by atoms with Crippen LogP contribution in [0.4, 0.5) is 0 Å². The first-order chi connectivity index (χ1) is 13.6. The molecule has 1 aliphatic heterocycles. The molecular weight excluding hydrogens is 372 g/mol. The number of rotatable bonds is 8. The SMILES string of the molecule is Cc1ccc(OCCCC(=O)N2CCC(NC(=O)Cc3cccs3)CC2)cc1. The molecule has 5 nitrogen and oxygen atoms in total. The van der Waals surface area contributed by atoms with Crippen molar-refractivity contribution in [3.8, 4) is 5.75 Å². The maximum atomic E-state index is 12.4. The average molecular weight is 401 g/mol. The summed E-state index contributed by atoms with van der Waals surface area (Å²) in [7, 11) is 0. The summed E-state index contributed by atoms with van der Waals surface area (Å²) in [5.41, 5.74) is 1.20. The van der Waals surface area contributed by atoms with Crippen LogP contribution in [-0.2, 0) is 16.0 Å². The molecule has 3 rings (SSSR count). The van der Waals surface area contributed by atoms with E-state index in [1.165, 1.54) is 5.56 Å². The third-order valence-corrected chi connectivity index (χ3v) is 5.83. The zero-order valence-corrected chi connectivity index (χ0v) is 17.2. The van der Waals surface area contributed by atoms with Crippen LogP contribution < -0.4 is 10.1 Å². The summed E-state index contributed by atoms with van der Waals surface area (Å²) < 4.78 is 5.69. The predicted molar refractivity (Wildman–Crippen MR) is 112 cm³/mol. The lowest BCUT2D eigenvalue weighted by molar-refractivity contribution is -0.132. The Bertz CT molecular complexity index is 751. The van der Waals surface area contributed by atoms with Crippen LogP contribution >= 0.6 is 11.3 Å². The van der Waals surface area contributed by atoms with Crippen LogP contribution in [-0.4, -0.2) is 42.5 Å². The van der Waals surface area contributed by atoms with Crippen molar-refractivity contribution in [1.82, 2.24) is 10.2 Å². The minimum Gasteiger partial charge on any atom is -0.494 e. The molecule has 0 atom stereocenters. The second-order valence-corrected chi connectivity index (χ2v) is 8.28. The zero-order valence-electron chi connectivity index (χ0n) is 16.4. The van der Waals surface area contributed by atoms with E-state index in [1.54, 1.807) is 11.3 Å². The highest BCUT2D eigenvalue weighted by Gasteiger charge is 2.23. The number of likely N-dealkylation sites (tertiary alicyclic amines) is 1. The van der Waals surface area contributed by atoms with Gasteiger partial charge in [0.25, 0.3) is 0 Å². The number of carbonyl (C=O) groups is 2. The number of thiophene rings is 1. The fraction of sp³-hybridized carbons (Fsp3) is 0.455. The van der Waals surface area contributed by atoms with Gasteiger partial charge in [-0.25, -0.2) is 0 Å². The summed E-state index contributed by atoms with van der Waals surface area (Å²) in [5.74, 6) is 1.09. The lowest BCUT2D eigenvalue weighted by Gasteiger charge is -2.32. The Morgan fingerprint density at radius 3 is 2.61 bits per heavy atom. The molecule has 6 heteroatoms. The van der Waals surface area contributed by atoms with Gasteiger partial charge in [0.1, 0.15) is 5.75 Å². The molecule has 1 N–H and O–H groups in total. The van der Waals surface area contributed by atoms with Gasteiger partial charge in [-0.3, -0.25) is 9.59 Å². The molecule has 2 amide bonds. The number of carbonyl (C=O) groups excluding carboxylic acids is 2. The number of hydrogen-bond donors (Lipinski definition) is 1. The smallest absolute Gasteiger partial charge is 0.225 e. The first-order valence-corrected chi connectivity index (χ1v) is 10.8. The van der Waals surface area contributed by atoms with E-state index < -0.39 is 0 Å². The van der Waals surface area contributed by atoms with Crippen LogP contribution in [0.3, 0.4) is 0 Å². The summed E-state index contributed by atoms with van der Waals surface area (Å²) >= 11 is 1.60. The summed E-state index contributed by atoms with van der Waals surface area (Å²) in [4.78, 5) is 27.5. The molecule has 0 radical (unpaired) electrons. The van der Waals surface area contributed by atoms with E-state index in [9.17, 15) is 9.59 Å². The lowest BCUT2D eigenvalue weighted by Crippen LogP contribution is -2.46. The monoisotopic (exact) mass is 400 g/mol. The Balaban J connectivity index is 1.30.